The number of cyclic esters (lactones) is 1. The quantitative estimate of drug-likeness (QED) is 0.609. The lowest BCUT2D eigenvalue weighted by Gasteiger charge is -2.14. The van der Waals surface area contributed by atoms with Crippen molar-refractivity contribution in [3.05, 3.63) is 10.7 Å². The fraction of sp³-hybridized carbons (Fsp3) is 0.556. The summed E-state index contributed by atoms with van der Waals surface area (Å²) in [6.07, 6.45) is -4.45. The monoisotopic (exact) mass is 270 g/mol. The average Bonchev–Trinajstić information content (AvgIpc) is 2.61. The first kappa shape index (κ1) is 13.8. The van der Waals surface area contributed by atoms with Gasteiger partial charge in [0.2, 0.25) is 0 Å². The molecule has 2 N–H and O–H groups in total. The second-order valence-corrected chi connectivity index (χ2v) is 3.84. The van der Waals surface area contributed by atoms with E-state index in [1.165, 1.54) is 6.92 Å². The number of nitrogens with one attached hydrogen (secondary N) is 2. The van der Waals surface area contributed by atoms with E-state index >= 15 is 0 Å². The number of hydrogen-bond donors (Lipinski definition) is 2. The molecule has 96 valence electrons. The molecule has 1 aliphatic rings. The van der Waals surface area contributed by atoms with Crippen LogP contribution in [0.25, 0.3) is 0 Å². The molecule has 0 aliphatic carbocycles. The van der Waals surface area contributed by atoms with Gasteiger partial charge in [-0.3, -0.25) is 5.41 Å². The van der Waals surface area contributed by atoms with E-state index in [0.717, 1.165) is 0 Å². The standard InChI is InChI=1S/C9H10ClF3N2O2/c1-4(6(10)7(14)9(11,12)13)15-5-2-3-17-8(5)16/h5,14-15H,2-3H2,1H3/b6-4+,14-7?. The third-order valence-electron chi connectivity index (χ3n) is 2.16. The molecule has 8 heteroatoms. The Morgan fingerprint density at radius 1 is 1.59 bits per heavy atom. The van der Waals surface area contributed by atoms with Crippen LogP contribution >= 0.6 is 11.6 Å². The van der Waals surface area contributed by atoms with E-state index in [0.29, 0.717) is 6.42 Å². The highest BCUT2D eigenvalue weighted by Crippen LogP contribution is 2.25. The molecule has 17 heavy (non-hydrogen) atoms. The Labute approximate surface area is 100 Å². The van der Waals surface area contributed by atoms with E-state index in [2.05, 4.69) is 10.1 Å². The van der Waals surface area contributed by atoms with Crippen molar-refractivity contribution in [2.24, 2.45) is 0 Å². The van der Waals surface area contributed by atoms with Gasteiger partial charge in [-0.15, -0.1) is 0 Å². The zero-order valence-electron chi connectivity index (χ0n) is 8.82. The van der Waals surface area contributed by atoms with Gasteiger partial charge in [-0.25, -0.2) is 4.79 Å². The Morgan fingerprint density at radius 3 is 2.59 bits per heavy atom. The Kier molecular flexibility index (Phi) is 4.03. The highest BCUT2D eigenvalue weighted by molar-refractivity contribution is 6.44. The minimum Gasteiger partial charge on any atom is -0.464 e. The molecule has 0 radical (unpaired) electrons. The van der Waals surface area contributed by atoms with Gasteiger partial charge in [0.15, 0.2) is 5.71 Å². The van der Waals surface area contributed by atoms with Crippen LogP contribution in [0.15, 0.2) is 10.7 Å². The zero-order valence-corrected chi connectivity index (χ0v) is 9.58. The number of hydrogen-bond acceptors (Lipinski definition) is 4. The lowest BCUT2D eigenvalue weighted by Crippen LogP contribution is -2.33. The normalized spacial score (nSPS) is 21.9. The predicted octanol–water partition coefficient (Wildman–Crippen LogP) is 1.94. The zero-order chi connectivity index (χ0) is 13.2. The van der Waals surface area contributed by atoms with Crippen molar-refractivity contribution < 1.29 is 22.7 Å². The van der Waals surface area contributed by atoms with Crippen molar-refractivity contribution in [3.8, 4) is 0 Å². The number of carbonyl (C=O) groups is 1. The first-order valence-electron chi connectivity index (χ1n) is 4.69. The van der Waals surface area contributed by atoms with E-state index in [1.807, 2.05) is 0 Å². The van der Waals surface area contributed by atoms with Crippen molar-refractivity contribution in [2.75, 3.05) is 6.61 Å². The lowest BCUT2D eigenvalue weighted by molar-refractivity contribution is -0.139. The molecule has 0 saturated carbocycles. The molecule has 1 aliphatic heterocycles. The molecule has 1 fully saturated rings. The molecule has 0 aromatic carbocycles. The van der Waals surface area contributed by atoms with Crippen molar-refractivity contribution >= 4 is 23.3 Å². The van der Waals surface area contributed by atoms with Crippen LogP contribution in [-0.2, 0) is 9.53 Å². The number of esters is 1. The third kappa shape index (κ3) is 3.36. The van der Waals surface area contributed by atoms with Crippen molar-refractivity contribution in [1.82, 2.24) is 5.32 Å². The summed E-state index contributed by atoms with van der Waals surface area (Å²) in [7, 11) is 0. The molecule has 4 nitrogen and oxygen atoms in total. The minimum absolute atomic E-state index is 0.0714. The highest BCUT2D eigenvalue weighted by atomic mass is 35.5. The molecule has 0 bridgehead atoms. The maximum Gasteiger partial charge on any atom is 0.434 e. The molecule has 0 aromatic rings. The summed E-state index contributed by atoms with van der Waals surface area (Å²) in [5, 5.41) is 8.59. The van der Waals surface area contributed by atoms with Crippen LogP contribution in [0.4, 0.5) is 13.2 Å². The fourth-order valence-electron chi connectivity index (χ4n) is 1.26. The summed E-state index contributed by atoms with van der Waals surface area (Å²) in [4.78, 5) is 11.1. The van der Waals surface area contributed by atoms with E-state index in [1.54, 1.807) is 0 Å². The van der Waals surface area contributed by atoms with Crippen LogP contribution in [0.1, 0.15) is 13.3 Å². The van der Waals surface area contributed by atoms with Crippen LogP contribution in [-0.4, -0.2) is 30.5 Å². The third-order valence-corrected chi connectivity index (χ3v) is 2.63. The van der Waals surface area contributed by atoms with Crippen molar-refractivity contribution in [1.29, 1.82) is 5.41 Å². The van der Waals surface area contributed by atoms with Gasteiger partial charge < -0.3 is 10.1 Å². The molecular formula is C9H10ClF3N2O2. The van der Waals surface area contributed by atoms with Gasteiger partial charge in [-0.05, 0) is 6.92 Å². The van der Waals surface area contributed by atoms with Gasteiger partial charge in [0.05, 0.1) is 11.6 Å². The summed E-state index contributed by atoms with van der Waals surface area (Å²) in [6.45, 7) is 1.49. The summed E-state index contributed by atoms with van der Waals surface area (Å²) in [5.41, 5.74) is -1.71. The van der Waals surface area contributed by atoms with Crippen molar-refractivity contribution in [2.45, 2.75) is 25.6 Å². The topological polar surface area (TPSA) is 62.2 Å². The molecule has 0 amide bonds. The van der Waals surface area contributed by atoms with Gasteiger partial charge in [0, 0.05) is 12.1 Å². The van der Waals surface area contributed by atoms with Crippen LogP contribution in [0.2, 0.25) is 0 Å². The molecule has 0 aromatic heterocycles. The molecular weight excluding hydrogens is 261 g/mol. The minimum atomic E-state index is -4.81. The Bertz CT molecular complexity index is 379. The van der Waals surface area contributed by atoms with E-state index in [-0.39, 0.29) is 12.3 Å². The number of carbonyl (C=O) groups excluding carboxylic acids is 1. The van der Waals surface area contributed by atoms with Gasteiger partial charge >= 0.3 is 12.1 Å². The van der Waals surface area contributed by atoms with E-state index in [9.17, 15) is 18.0 Å². The number of allylic oxidation sites excluding steroid dienone is 2. The first-order chi connectivity index (χ1) is 7.73. The highest BCUT2D eigenvalue weighted by Gasteiger charge is 2.37. The summed E-state index contributed by atoms with van der Waals surface area (Å²) >= 11 is 5.41. The summed E-state index contributed by atoms with van der Waals surface area (Å²) < 4.78 is 41.2. The Morgan fingerprint density at radius 2 is 2.18 bits per heavy atom. The van der Waals surface area contributed by atoms with Gasteiger partial charge in [0.25, 0.3) is 0 Å². The van der Waals surface area contributed by atoms with Crippen molar-refractivity contribution in [3.63, 3.8) is 0 Å². The van der Waals surface area contributed by atoms with Gasteiger partial charge in [0.1, 0.15) is 6.04 Å². The number of alkyl halides is 3. The summed E-state index contributed by atoms with van der Waals surface area (Å²) in [5.74, 6) is -0.535. The SMILES string of the molecule is C/C(NC1CCOC1=O)=C(\Cl)C(=N)C(F)(F)F. The lowest BCUT2D eigenvalue weighted by atomic mass is 10.2. The molecule has 1 atom stereocenters. The number of ether oxygens (including phenoxy) is 1. The molecule has 1 heterocycles. The van der Waals surface area contributed by atoms with E-state index in [4.69, 9.17) is 17.0 Å². The maximum atomic E-state index is 12.2. The van der Waals surface area contributed by atoms with Crippen LogP contribution in [0.5, 0.6) is 0 Å². The van der Waals surface area contributed by atoms with Crippen LogP contribution in [0.3, 0.4) is 0 Å². The number of halogens is 4. The Hall–Kier alpha value is -1.24. The van der Waals surface area contributed by atoms with Gasteiger partial charge in [-0.2, -0.15) is 13.2 Å². The average molecular weight is 271 g/mol. The summed E-state index contributed by atoms with van der Waals surface area (Å²) in [6, 6.07) is -0.704. The fourth-order valence-corrected chi connectivity index (χ4v) is 1.43. The molecule has 1 rings (SSSR count). The Balaban J connectivity index is 2.76. The van der Waals surface area contributed by atoms with Gasteiger partial charge in [-0.1, -0.05) is 11.6 Å². The number of rotatable bonds is 3. The van der Waals surface area contributed by atoms with Crippen LogP contribution < -0.4 is 5.32 Å². The molecule has 1 unspecified atom stereocenters. The molecule has 1 saturated heterocycles. The second-order valence-electron chi connectivity index (χ2n) is 3.46. The smallest absolute Gasteiger partial charge is 0.434 e. The maximum absolute atomic E-state index is 12.2. The largest absolute Gasteiger partial charge is 0.464 e. The second kappa shape index (κ2) is 4.95. The van der Waals surface area contributed by atoms with Crippen LogP contribution in [0, 0.1) is 5.41 Å². The van der Waals surface area contributed by atoms with E-state index < -0.39 is 28.9 Å². The predicted molar refractivity (Wildman–Crippen MR) is 54.8 cm³/mol. The first-order valence-corrected chi connectivity index (χ1v) is 5.07. The molecule has 0 spiro atoms.